The molecule has 0 saturated heterocycles. The molecule has 1 amide bonds. The van der Waals surface area contributed by atoms with Crippen LogP contribution in [0, 0.1) is 5.92 Å². The Bertz CT molecular complexity index is 638. The normalized spacial score (nSPS) is 22.0. The maximum Gasteiger partial charge on any atom is 0.411 e. The lowest BCUT2D eigenvalue weighted by atomic mass is 9.89. The summed E-state index contributed by atoms with van der Waals surface area (Å²) < 4.78 is 5.53. The van der Waals surface area contributed by atoms with Crippen molar-refractivity contribution in [3.8, 4) is 0 Å². The third kappa shape index (κ3) is 3.54. The second-order valence-electron chi connectivity index (χ2n) is 5.99. The van der Waals surface area contributed by atoms with E-state index in [1.54, 1.807) is 0 Å². The molecule has 1 N–H and O–H groups in total. The minimum Gasteiger partial charge on any atom is -0.446 e. The maximum atomic E-state index is 12.0. The highest BCUT2D eigenvalue weighted by atomic mass is 16.6. The van der Waals surface area contributed by atoms with Crippen LogP contribution in [0.2, 0.25) is 0 Å². The number of anilines is 1. The first-order valence-corrected chi connectivity index (χ1v) is 7.67. The highest BCUT2D eigenvalue weighted by Gasteiger charge is 2.22. The van der Waals surface area contributed by atoms with E-state index in [-0.39, 0.29) is 12.2 Å². The number of amides is 1. The summed E-state index contributed by atoms with van der Waals surface area (Å²) >= 11 is 0. The van der Waals surface area contributed by atoms with Crippen LogP contribution in [0.25, 0.3) is 10.8 Å². The predicted molar refractivity (Wildman–Crippen MR) is 85.5 cm³/mol. The molecule has 3 nitrogen and oxygen atoms in total. The monoisotopic (exact) mass is 283 g/mol. The van der Waals surface area contributed by atoms with Crippen molar-refractivity contribution in [1.29, 1.82) is 0 Å². The van der Waals surface area contributed by atoms with Gasteiger partial charge in [0, 0.05) is 5.69 Å². The van der Waals surface area contributed by atoms with Crippen molar-refractivity contribution in [3.05, 3.63) is 42.5 Å². The summed E-state index contributed by atoms with van der Waals surface area (Å²) in [6.45, 7) is 2.22. The van der Waals surface area contributed by atoms with Crippen LogP contribution in [0.4, 0.5) is 10.5 Å². The second-order valence-corrected chi connectivity index (χ2v) is 5.99. The van der Waals surface area contributed by atoms with Gasteiger partial charge in [0.05, 0.1) is 0 Å². The van der Waals surface area contributed by atoms with E-state index in [4.69, 9.17) is 4.74 Å². The summed E-state index contributed by atoms with van der Waals surface area (Å²) in [7, 11) is 0. The van der Waals surface area contributed by atoms with Gasteiger partial charge >= 0.3 is 6.09 Å². The molecule has 1 aliphatic carbocycles. The lowest BCUT2D eigenvalue weighted by Crippen LogP contribution is -2.27. The standard InChI is InChI=1S/C18H21NO2/c1-13-5-4-8-17(11-13)21-18(20)19-16-10-9-14-6-2-3-7-15(14)12-16/h2-3,6-7,9-10,12-13,17H,4-5,8,11H2,1H3,(H,19,20)/t13-,17+/m1/s1. The molecule has 3 rings (SSSR count). The molecule has 0 aliphatic heterocycles. The average Bonchev–Trinajstić information content (AvgIpc) is 2.47. The molecular formula is C18H21NO2. The molecule has 1 saturated carbocycles. The number of benzene rings is 2. The lowest BCUT2D eigenvalue weighted by Gasteiger charge is -2.26. The molecular weight excluding hydrogens is 262 g/mol. The van der Waals surface area contributed by atoms with Gasteiger partial charge in [0.25, 0.3) is 0 Å². The summed E-state index contributed by atoms with van der Waals surface area (Å²) in [5.41, 5.74) is 0.780. The van der Waals surface area contributed by atoms with E-state index < -0.39 is 0 Å². The van der Waals surface area contributed by atoms with E-state index in [0.29, 0.717) is 5.92 Å². The first-order valence-electron chi connectivity index (χ1n) is 7.67. The molecule has 110 valence electrons. The van der Waals surface area contributed by atoms with Crippen molar-refractivity contribution in [1.82, 2.24) is 0 Å². The summed E-state index contributed by atoms with van der Waals surface area (Å²) in [5.74, 6) is 0.650. The smallest absolute Gasteiger partial charge is 0.411 e. The summed E-state index contributed by atoms with van der Waals surface area (Å²) in [5, 5.41) is 5.11. The quantitative estimate of drug-likeness (QED) is 0.845. The van der Waals surface area contributed by atoms with Gasteiger partial charge in [0.2, 0.25) is 0 Å². The van der Waals surface area contributed by atoms with Gasteiger partial charge in [-0.15, -0.1) is 0 Å². The fourth-order valence-electron chi connectivity index (χ4n) is 3.05. The largest absolute Gasteiger partial charge is 0.446 e. The van der Waals surface area contributed by atoms with Gasteiger partial charge in [-0.2, -0.15) is 0 Å². The predicted octanol–water partition coefficient (Wildman–Crippen LogP) is 4.97. The SMILES string of the molecule is C[C@@H]1CCC[C@H](OC(=O)Nc2ccc3ccccc3c2)C1. The van der Waals surface area contributed by atoms with Crippen LogP contribution < -0.4 is 5.32 Å². The summed E-state index contributed by atoms with van der Waals surface area (Å²) in [6, 6.07) is 14.0. The number of carbonyl (C=O) groups is 1. The Kier molecular flexibility index (Phi) is 4.09. The number of hydrogen-bond acceptors (Lipinski definition) is 2. The van der Waals surface area contributed by atoms with Crippen LogP contribution in [0.5, 0.6) is 0 Å². The van der Waals surface area contributed by atoms with E-state index in [2.05, 4.69) is 18.3 Å². The number of fused-ring (bicyclic) bond motifs is 1. The molecule has 0 heterocycles. The zero-order valence-electron chi connectivity index (χ0n) is 12.3. The first kappa shape index (κ1) is 13.9. The van der Waals surface area contributed by atoms with Crippen molar-refractivity contribution in [3.63, 3.8) is 0 Å². The van der Waals surface area contributed by atoms with Gasteiger partial charge in [-0.1, -0.05) is 43.7 Å². The highest BCUT2D eigenvalue weighted by Crippen LogP contribution is 2.26. The van der Waals surface area contributed by atoms with E-state index in [0.717, 1.165) is 35.7 Å². The van der Waals surface area contributed by atoms with E-state index in [1.165, 1.54) is 6.42 Å². The molecule has 1 aliphatic rings. The minimum atomic E-state index is -0.343. The molecule has 0 spiro atoms. The Morgan fingerprint density at radius 2 is 1.95 bits per heavy atom. The number of rotatable bonds is 2. The van der Waals surface area contributed by atoms with Crippen molar-refractivity contribution >= 4 is 22.6 Å². The van der Waals surface area contributed by atoms with Crippen LogP contribution in [0.15, 0.2) is 42.5 Å². The van der Waals surface area contributed by atoms with E-state index in [9.17, 15) is 4.79 Å². The molecule has 1 fully saturated rings. The van der Waals surface area contributed by atoms with Crippen molar-refractivity contribution < 1.29 is 9.53 Å². The topological polar surface area (TPSA) is 38.3 Å². The summed E-state index contributed by atoms with van der Waals surface area (Å²) in [6.07, 6.45) is 4.07. The Balaban J connectivity index is 1.63. The number of nitrogens with one attached hydrogen (secondary N) is 1. The first-order chi connectivity index (χ1) is 10.2. The number of carbonyl (C=O) groups excluding carboxylic acids is 1. The summed E-state index contributed by atoms with van der Waals surface area (Å²) in [4.78, 5) is 12.0. The fraction of sp³-hybridized carbons (Fsp3) is 0.389. The van der Waals surface area contributed by atoms with Crippen LogP contribution in [-0.2, 0) is 4.74 Å². The molecule has 3 heteroatoms. The van der Waals surface area contributed by atoms with E-state index in [1.807, 2.05) is 36.4 Å². The molecule has 0 radical (unpaired) electrons. The Morgan fingerprint density at radius 3 is 2.76 bits per heavy atom. The fourth-order valence-corrected chi connectivity index (χ4v) is 3.05. The maximum absolute atomic E-state index is 12.0. The molecule has 0 aromatic heterocycles. The van der Waals surface area contributed by atoms with Gasteiger partial charge in [-0.05, 0) is 48.1 Å². The molecule has 0 bridgehead atoms. The minimum absolute atomic E-state index is 0.0641. The van der Waals surface area contributed by atoms with Crippen LogP contribution >= 0.6 is 0 Å². The highest BCUT2D eigenvalue weighted by molar-refractivity contribution is 5.91. The molecule has 2 atom stereocenters. The number of ether oxygens (including phenoxy) is 1. The molecule has 21 heavy (non-hydrogen) atoms. The Morgan fingerprint density at radius 1 is 1.14 bits per heavy atom. The molecule has 2 aromatic carbocycles. The van der Waals surface area contributed by atoms with Gasteiger partial charge in [-0.3, -0.25) is 5.32 Å². The average molecular weight is 283 g/mol. The molecule has 0 unspecified atom stereocenters. The van der Waals surface area contributed by atoms with Crippen molar-refractivity contribution in [2.45, 2.75) is 38.7 Å². The lowest BCUT2D eigenvalue weighted by molar-refractivity contribution is 0.0724. The zero-order chi connectivity index (χ0) is 14.7. The Labute approximate surface area is 125 Å². The Hall–Kier alpha value is -2.03. The zero-order valence-corrected chi connectivity index (χ0v) is 12.3. The van der Waals surface area contributed by atoms with Crippen molar-refractivity contribution in [2.24, 2.45) is 5.92 Å². The van der Waals surface area contributed by atoms with E-state index >= 15 is 0 Å². The number of hydrogen-bond donors (Lipinski definition) is 1. The van der Waals surface area contributed by atoms with Gasteiger partial charge < -0.3 is 4.74 Å². The van der Waals surface area contributed by atoms with Crippen LogP contribution in [0.1, 0.15) is 32.6 Å². The van der Waals surface area contributed by atoms with Gasteiger partial charge in [-0.25, -0.2) is 4.79 Å². The van der Waals surface area contributed by atoms with Gasteiger partial charge in [0.1, 0.15) is 6.10 Å². The molecule has 2 aromatic rings. The van der Waals surface area contributed by atoms with Crippen LogP contribution in [0.3, 0.4) is 0 Å². The second kappa shape index (κ2) is 6.17. The van der Waals surface area contributed by atoms with Gasteiger partial charge in [0.15, 0.2) is 0 Å². The van der Waals surface area contributed by atoms with Crippen LogP contribution in [-0.4, -0.2) is 12.2 Å². The third-order valence-electron chi connectivity index (χ3n) is 4.16. The van der Waals surface area contributed by atoms with Crippen molar-refractivity contribution in [2.75, 3.05) is 5.32 Å². The third-order valence-corrected chi connectivity index (χ3v) is 4.16.